The van der Waals surface area contributed by atoms with E-state index in [1.165, 1.54) is 6.07 Å². The highest BCUT2D eigenvalue weighted by molar-refractivity contribution is 6.35. The van der Waals surface area contributed by atoms with Crippen molar-refractivity contribution in [2.75, 3.05) is 7.05 Å². The largest absolute Gasteiger partial charge is 0.478 e. The summed E-state index contributed by atoms with van der Waals surface area (Å²) in [6.07, 6.45) is 0.738. The fraction of sp³-hybridized carbons (Fsp3) is 0.333. The van der Waals surface area contributed by atoms with Gasteiger partial charge in [-0.3, -0.25) is 4.79 Å². The second-order valence-electron chi connectivity index (χ2n) is 6.30. The summed E-state index contributed by atoms with van der Waals surface area (Å²) in [5.74, 6) is -0.303. The molecule has 2 atom stereocenters. The number of carboxylic acids is 1. The molecule has 1 aromatic carbocycles. The smallest absolute Gasteiger partial charge is 0.339 e. The van der Waals surface area contributed by atoms with E-state index in [9.17, 15) is 9.59 Å². The van der Waals surface area contributed by atoms with E-state index in [4.69, 9.17) is 32.7 Å². The van der Waals surface area contributed by atoms with Crippen LogP contribution < -0.4 is 0 Å². The van der Waals surface area contributed by atoms with Crippen LogP contribution in [-0.2, 0) is 11.3 Å². The first-order valence-electron chi connectivity index (χ1n) is 7.80. The number of hydrogen-bond donors (Lipinski definition) is 1. The maximum absolute atomic E-state index is 12.6. The van der Waals surface area contributed by atoms with Crippen molar-refractivity contribution in [1.29, 1.82) is 0 Å². The summed E-state index contributed by atoms with van der Waals surface area (Å²) >= 11 is 12.1. The molecule has 5 nitrogen and oxygen atoms in total. The SMILES string of the molecule is Cc1oc(CN(C)C(=O)C2CC2c2ccc(Cl)cc2Cl)cc1C(=O)O. The van der Waals surface area contributed by atoms with Gasteiger partial charge in [0.2, 0.25) is 5.91 Å². The number of aromatic carboxylic acids is 1. The molecule has 1 amide bonds. The van der Waals surface area contributed by atoms with Gasteiger partial charge in [-0.15, -0.1) is 0 Å². The van der Waals surface area contributed by atoms with Crippen molar-refractivity contribution in [3.05, 3.63) is 57.0 Å². The number of amides is 1. The maximum atomic E-state index is 12.6. The molecule has 0 radical (unpaired) electrons. The Balaban J connectivity index is 1.66. The number of carbonyl (C=O) groups is 2. The number of benzene rings is 1. The Bertz CT molecular complexity index is 846. The van der Waals surface area contributed by atoms with Gasteiger partial charge in [0.15, 0.2) is 0 Å². The van der Waals surface area contributed by atoms with Crippen LogP contribution in [0.3, 0.4) is 0 Å². The highest BCUT2D eigenvalue weighted by Crippen LogP contribution is 2.50. The summed E-state index contributed by atoms with van der Waals surface area (Å²) < 4.78 is 5.43. The van der Waals surface area contributed by atoms with Gasteiger partial charge in [-0.2, -0.15) is 0 Å². The van der Waals surface area contributed by atoms with E-state index < -0.39 is 5.97 Å². The van der Waals surface area contributed by atoms with E-state index in [-0.39, 0.29) is 29.9 Å². The molecule has 2 aromatic rings. The van der Waals surface area contributed by atoms with Gasteiger partial charge in [-0.25, -0.2) is 4.79 Å². The lowest BCUT2D eigenvalue weighted by molar-refractivity contribution is -0.132. The molecule has 0 aliphatic heterocycles. The van der Waals surface area contributed by atoms with Crippen molar-refractivity contribution in [3.63, 3.8) is 0 Å². The van der Waals surface area contributed by atoms with Crippen molar-refractivity contribution in [3.8, 4) is 0 Å². The van der Waals surface area contributed by atoms with Crippen molar-refractivity contribution in [1.82, 2.24) is 4.90 Å². The molecular formula is C18H17Cl2NO4. The molecule has 0 saturated heterocycles. The number of hydrogen-bond acceptors (Lipinski definition) is 3. The van der Waals surface area contributed by atoms with Gasteiger partial charge in [-0.1, -0.05) is 29.3 Å². The molecule has 1 aliphatic rings. The quantitative estimate of drug-likeness (QED) is 0.835. The van der Waals surface area contributed by atoms with E-state index in [0.29, 0.717) is 21.6 Å². The Morgan fingerprint density at radius 2 is 2.04 bits per heavy atom. The summed E-state index contributed by atoms with van der Waals surface area (Å²) in [5, 5.41) is 10.2. The Labute approximate surface area is 155 Å². The predicted molar refractivity (Wildman–Crippen MR) is 94.2 cm³/mol. The third kappa shape index (κ3) is 3.67. The molecule has 1 fully saturated rings. The molecule has 7 heteroatoms. The van der Waals surface area contributed by atoms with Crippen LogP contribution in [0.1, 0.15) is 39.8 Å². The van der Waals surface area contributed by atoms with Crippen molar-refractivity contribution in [2.45, 2.75) is 25.8 Å². The van der Waals surface area contributed by atoms with Crippen LogP contribution in [0.2, 0.25) is 10.0 Å². The van der Waals surface area contributed by atoms with Crippen molar-refractivity contribution < 1.29 is 19.1 Å². The maximum Gasteiger partial charge on any atom is 0.339 e. The minimum absolute atomic E-state index is 0.0121. The summed E-state index contributed by atoms with van der Waals surface area (Å²) in [6, 6.07) is 6.77. The highest BCUT2D eigenvalue weighted by Gasteiger charge is 2.46. The van der Waals surface area contributed by atoms with Gasteiger partial charge >= 0.3 is 5.97 Å². The zero-order chi connectivity index (χ0) is 18.3. The molecular weight excluding hydrogens is 365 g/mol. The molecule has 2 unspecified atom stereocenters. The van der Waals surface area contributed by atoms with E-state index in [1.807, 2.05) is 6.07 Å². The van der Waals surface area contributed by atoms with Crippen LogP contribution in [0.15, 0.2) is 28.7 Å². The zero-order valence-electron chi connectivity index (χ0n) is 13.8. The van der Waals surface area contributed by atoms with Crippen LogP contribution in [0.5, 0.6) is 0 Å². The molecule has 1 saturated carbocycles. The van der Waals surface area contributed by atoms with E-state index in [1.54, 1.807) is 31.0 Å². The Kier molecular flexibility index (Phi) is 4.80. The summed E-state index contributed by atoms with van der Waals surface area (Å²) in [4.78, 5) is 25.2. The first-order valence-corrected chi connectivity index (χ1v) is 8.56. The topological polar surface area (TPSA) is 70.8 Å². The number of nitrogens with zero attached hydrogens (tertiary/aromatic N) is 1. The van der Waals surface area contributed by atoms with Crippen molar-refractivity contribution in [2.24, 2.45) is 5.92 Å². The third-order valence-electron chi connectivity index (χ3n) is 4.44. The lowest BCUT2D eigenvalue weighted by Crippen LogP contribution is -2.27. The summed E-state index contributed by atoms with van der Waals surface area (Å²) in [5.41, 5.74) is 1.05. The molecule has 0 bridgehead atoms. The number of aryl methyl sites for hydroxylation is 1. The standard InChI is InChI=1S/C18H17Cl2NO4/c1-9-13(18(23)24)6-11(25-9)8-21(2)17(22)15-7-14(15)12-4-3-10(19)5-16(12)20/h3-6,14-15H,7-8H2,1-2H3,(H,23,24). The Morgan fingerprint density at radius 3 is 2.64 bits per heavy atom. The third-order valence-corrected chi connectivity index (χ3v) is 5.00. The number of carboxylic acid groups (broad SMARTS) is 1. The number of furan rings is 1. The minimum atomic E-state index is -1.04. The van der Waals surface area contributed by atoms with Gasteiger partial charge in [-0.05, 0) is 43.0 Å². The Hall–Kier alpha value is -1.98. The normalized spacial score (nSPS) is 18.9. The molecule has 25 heavy (non-hydrogen) atoms. The number of rotatable bonds is 5. The van der Waals surface area contributed by atoms with Gasteiger partial charge in [0.05, 0.1) is 6.54 Å². The van der Waals surface area contributed by atoms with Gasteiger partial charge in [0.25, 0.3) is 0 Å². The van der Waals surface area contributed by atoms with Gasteiger partial charge in [0, 0.05) is 23.0 Å². The predicted octanol–water partition coefficient (Wildman–Crippen LogP) is 4.36. The first kappa shape index (κ1) is 17.8. The van der Waals surface area contributed by atoms with Crippen LogP contribution in [0.25, 0.3) is 0 Å². The van der Waals surface area contributed by atoms with Crippen LogP contribution >= 0.6 is 23.2 Å². The number of carbonyl (C=O) groups excluding carboxylic acids is 1. The van der Waals surface area contributed by atoms with Gasteiger partial charge < -0.3 is 14.4 Å². The monoisotopic (exact) mass is 381 g/mol. The second kappa shape index (κ2) is 6.73. The average molecular weight is 382 g/mol. The van der Waals surface area contributed by atoms with Crippen LogP contribution in [-0.4, -0.2) is 28.9 Å². The van der Waals surface area contributed by atoms with Crippen LogP contribution in [0, 0.1) is 12.8 Å². The number of halogens is 2. The summed E-state index contributed by atoms with van der Waals surface area (Å²) in [6.45, 7) is 1.82. The van der Waals surface area contributed by atoms with E-state index >= 15 is 0 Å². The average Bonchev–Trinajstić information content (AvgIpc) is 3.22. The minimum Gasteiger partial charge on any atom is -0.478 e. The second-order valence-corrected chi connectivity index (χ2v) is 7.14. The highest BCUT2D eigenvalue weighted by atomic mass is 35.5. The van der Waals surface area contributed by atoms with Crippen molar-refractivity contribution >= 4 is 35.1 Å². The molecule has 132 valence electrons. The summed E-state index contributed by atoms with van der Waals surface area (Å²) in [7, 11) is 1.68. The molecule has 1 heterocycles. The lowest BCUT2D eigenvalue weighted by Gasteiger charge is -2.16. The molecule has 1 aromatic heterocycles. The van der Waals surface area contributed by atoms with Crippen LogP contribution in [0.4, 0.5) is 0 Å². The molecule has 0 spiro atoms. The molecule has 1 N–H and O–H groups in total. The van der Waals surface area contributed by atoms with Gasteiger partial charge in [0.1, 0.15) is 17.1 Å². The molecule has 3 rings (SSSR count). The van der Waals surface area contributed by atoms with E-state index in [2.05, 4.69) is 0 Å². The lowest BCUT2D eigenvalue weighted by atomic mass is 10.1. The Morgan fingerprint density at radius 1 is 1.32 bits per heavy atom. The fourth-order valence-corrected chi connectivity index (χ4v) is 3.59. The first-order chi connectivity index (χ1) is 11.8. The molecule has 1 aliphatic carbocycles. The zero-order valence-corrected chi connectivity index (χ0v) is 15.3. The van der Waals surface area contributed by atoms with E-state index in [0.717, 1.165) is 12.0 Å². The fourth-order valence-electron chi connectivity index (χ4n) is 3.04.